The van der Waals surface area contributed by atoms with Gasteiger partial charge in [0.15, 0.2) is 5.78 Å². The SMILES string of the molecule is CC(C)Cn1c(N)c(C(=O)Cn2c(=O)c(C#N)cn(C3CC3)c2=O)c(=O)[nH]c1=O. The van der Waals surface area contributed by atoms with Crippen LogP contribution in [0.15, 0.2) is 25.4 Å². The van der Waals surface area contributed by atoms with Gasteiger partial charge in [-0.2, -0.15) is 5.26 Å². The predicted octanol–water partition coefficient (Wildman–Crippen LogP) is -0.812. The molecule has 0 spiro atoms. The van der Waals surface area contributed by atoms with Gasteiger partial charge in [-0.1, -0.05) is 13.8 Å². The molecule has 0 bridgehead atoms. The van der Waals surface area contributed by atoms with Gasteiger partial charge in [-0.05, 0) is 18.8 Å². The van der Waals surface area contributed by atoms with Gasteiger partial charge >= 0.3 is 11.4 Å². The molecule has 0 unspecified atom stereocenters. The average Bonchev–Trinajstić information content (AvgIpc) is 3.47. The van der Waals surface area contributed by atoms with Gasteiger partial charge in [0.25, 0.3) is 11.1 Å². The van der Waals surface area contributed by atoms with E-state index in [-0.39, 0.29) is 29.9 Å². The first-order chi connectivity index (χ1) is 13.6. The maximum absolute atomic E-state index is 12.8. The first-order valence-electron chi connectivity index (χ1n) is 9.07. The molecule has 0 aliphatic heterocycles. The summed E-state index contributed by atoms with van der Waals surface area (Å²) in [5, 5.41) is 9.17. The number of H-pyrrole nitrogens is 1. The van der Waals surface area contributed by atoms with Crippen LogP contribution in [0, 0.1) is 17.2 Å². The van der Waals surface area contributed by atoms with E-state index in [1.165, 1.54) is 10.8 Å². The number of hydrogen-bond donors (Lipinski definition) is 2. The Morgan fingerprint density at radius 3 is 2.48 bits per heavy atom. The molecule has 29 heavy (non-hydrogen) atoms. The third-order valence-electron chi connectivity index (χ3n) is 4.62. The van der Waals surface area contributed by atoms with E-state index in [2.05, 4.69) is 0 Å². The molecular weight excluding hydrogens is 380 g/mol. The number of rotatable bonds is 6. The number of aromatic nitrogens is 4. The molecule has 0 aromatic carbocycles. The Labute approximate surface area is 163 Å². The zero-order valence-corrected chi connectivity index (χ0v) is 16.0. The molecule has 2 heterocycles. The molecule has 3 rings (SSSR count). The highest BCUT2D eigenvalue weighted by molar-refractivity contribution is 5.99. The Bertz CT molecular complexity index is 1270. The van der Waals surface area contributed by atoms with E-state index in [1.54, 1.807) is 6.07 Å². The van der Waals surface area contributed by atoms with Gasteiger partial charge in [0.1, 0.15) is 23.0 Å². The summed E-state index contributed by atoms with van der Waals surface area (Å²) in [7, 11) is 0. The van der Waals surface area contributed by atoms with Gasteiger partial charge in [0, 0.05) is 18.8 Å². The second kappa shape index (κ2) is 7.38. The lowest BCUT2D eigenvalue weighted by Gasteiger charge is -2.14. The van der Waals surface area contributed by atoms with Gasteiger partial charge < -0.3 is 5.73 Å². The molecule has 152 valence electrons. The Morgan fingerprint density at radius 2 is 1.93 bits per heavy atom. The van der Waals surface area contributed by atoms with Crippen LogP contribution >= 0.6 is 0 Å². The molecule has 11 nitrogen and oxygen atoms in total. The number of Topliss-reactive ketones (excluding diaryl/α,β-unsaturated/α-hetero) is 1. The van der Waals surface area contributed by atoms with Gasteiger partial charge in [0.05, 0.1) is 6.54 Å². The van der Waals surface area contributed by atoms with Crippen molar-refractivity contribution in [2.24, 2.45) is 5.92 Å². The second-order valence-corrected chi connectivity index (χ2v) is 7.41. The Morgan fingerprint density at radius 1 is 1.28 bits per heavy atom. The number of ketones is 1. The van der Waals surface area contributed by atoms with Crippen LogP contribution in [0.1, 0.15) is 48.7 Å². The zero-order chi connectivity index (χ0) is 21.5. The first kappa shape index (κ1) is 20.1. The van der Waals surface area contributed by atoms with Crippen LogP contribution in [0.3, 0.4) is 0 Å². The summed E-state index contributed by atoms with van der Waals surface area (Å²) in [5.41, 5.74) is 1.71. The standard InChI is InChI=1S/C18H20N6O5/c1-9(2)6-23-14(20)13(15(26)21-17(23)28)12(25)8-24-16(27)10(5-19)7-22(18(24)29)11-3-4-11/h7,9,11H,3-4,6,8,20H2,1-2H3,(H,21,26,28). The van der Waals surface area contributed by atoms with Crippen LogP contribution in [0.4, 0.5) is 5.82 Å². The normalized spacial score (nSPS) is 13.4. The van der Waals surface area contributed by atoms with Crippen LogP contribution in [-0.4, -0.2) is 24.5 Å². The minimum atomic E-state index is -0.996. The number of hydrogen-bond acceptors (Lipinski definition) is 7. The van der Waals surface area contributed by atoms with E-state index in [0.29, 0.717) is 4.57 Å². The molecule has 11 heteroatoms. The highest BCUT2D eigenvalue weighted by atomic mass is 16.2. The quantitative estimate of drug-likeness (QED) is 0.598. The summed E-state index contributed by atoms with van der Waals surface area (Å²) in [6, 6.07) is 1.59. The number of nitrogens with zero attached hydrogens (tertiary/aromatic N) is 4. The predicted molar refractivity (Wildman–Crippen MR) is 103 cm³/mol. The maximum atomic E-state index is 12.8. The second-order valence-electron chi connectivity index (χ2n) is 7.41. The molecule has 1 aliphatic carbocycles. The van der Waals surface area contributed by atoms with Crippen molar-refractivity contribution < 1.29 is 4.79 Å². The lowest BCUT2D eigenvalue weighted by molar-refractivity contribution is 0.0967. The number of anilines is 1. The van der Waals surface area contributed by atoms with E-state index in [1.807, 2.05) is 18.8 Å². The van der Waals surface area contributed by atoms with Crippen molar-refractivity contribution in [2.45, 2.75) is 45.8 Å². The molecule has 0 radical (unpaired) electrons. The summed E-state index contributed by atoms with van der Waals surface area (Å²) in [6.07, 6.45) is 2.64. The molecule has 3 N–H and O–H groups in total. The molecule has 2 aromatic rings. The van der Waals surface area contributed by atoms with Crippen molar-refractivity contribution in [3.05, 3.63) is 59.0 Å². The lowest BCUT2D eigenvalue weighted by atomic mass is 10.1. The minimum Gasteiger partial charge on any atom is -0.384 e. The third-order valence-corrected chi connectivity index (χ3v) is 4.62. The highest BCUT2D eigenvalue weighted by Crippen LogP contribution is 2.33. The molecular formula is C18H20N6O5. The minimum absolute atomic E-state index is 0.00419. The van der Waals surface area contributed by atoms with Crippen molar-refractivity contribution in [3.63, 3.8) is 0 Å². The number of carbonyl (C=O) groups is 1. The van der Waals surface area contributed by atoms with E-state index >= 15 is 0 Å². The third kappa shape index (κ3) is 3.69. The number of carbonyl (C=O) groups excluding carboxylic acids is 1. The van der Waals surface area contributed by atoms with Crippen molar-refractivity contribution in [3.8, 4) is 6.07 Å². The lowest BCUT2D eigenvalue weighted by Crippen LogP contribution is -2.44. The summed E-state index contributed by atoms with van der Waals surface area (Å²) in [4.78, 5) is 64.1. The van der Waals surface area contributed by atoms with Crippen molar-refractivity contribution in [1.82, 2.24) is 18.7 Å². The van der Waals surface area contributed by atoms with Gasteiger partial charge in [-0.25, -0.2) is 9.59 Å². The molecule has 1 aliphatic rings. The number of nitriles is 1. The number of aromatic amines is 1. The summed E-state index contributed by atoms with van der Waals surface area (Å²) >= 11 is 0. The summed E-state index contributed by atoms with van der Waals surface area (Å²) < 4.78 is 2.94. The zero-order valence-electron chi connectivity index (χ0n) is 16.0. The van der Waals surface area contributed by atoms with Crippen LogP contribution < -0.4 is 28.2 Å². The number of nitrogens with two attached hydrogens (primary N) is 1. The fraction of sp³-hybridized carbons (Fsp3) is 0.444. The molecule has 1 fully saturated rings. The Hall–Kier alpha value is -3.68. The fourth-order valence-electron chi connectivity index (χ4n) is 3.08. The molecule has 1 saturated carbocycles. The van der Waals surface area contributed by atoms with Gasteiger partial charge in [-0.15, -0.1) is 0 Å². The van der Waals surface area contributed by atoms with Crippen LogP contribution in [0.5, 0.6) is 0 Å². The van der Waals surface area contributed by atoms with Crippen LogP contribution in [0.25, 0.3) is 0 Å². The highest BCUT2D eigenvalue weighted by Gasteiger charge is 2.28. The maximum Gasteiger partial charge on any atom is 0.331 e. The Balaban J connectivity index is 2.11. The van der Waals surface area contributed by atoms with Crippen molar-refractivity contribution in [1.29, 1.82) is 5.26 Å². The van der Waals surface area contributed by atoms with Gasteiger partial charge in [-0.3, -0.25) is 33.1 Å². The molecule has 0 amide bonds. The van der Waals surface area contributed by atoms with Crippen molar-refractivity contribution >= 4 is 11.6 Å². The van der Waals surface area contributed by atoms with E-state index in [4.69, 9.17) is 5.73 Å². The first-order valence-corrected chi connectivity index (χ1v) is 9.07. The summed E-state index contributed by atoms with van der Waals surface area (Å²) in [5.74, 6) is -1.23. The average molecular weight is 400 g/mol. The largest absolute Gasteiger partial charge is 0.384 e. The van der Waals surface area contributed by atoms with E-state index in [0.717, 1.165) is 17.4 Å². The van der Waals surface area contributed by atoms with Crippen molar-refractivity contribution in [2.75, 3.05) is 5.73 Å². The topological polar surface area (TPSA) is 166 Å². The van der Waals surface area contributed by atoms with E-state index in [9.17, 15) is 29.2 Å². The number of nitrogen functional groups attached to an aromatic ring is 1. The monoisotopic (exact) mass is 400 g/mol. The Kier molecular flexibility index (Phi) is 5.11. The van der Waals surface area contributed by atoms with Crippen LogP contribution in [0.2, 0.25) is 0 Å². The smallest absolute Gasteiger partial charge is 0.331 e. The molecule has 0 saturated heterocycles. The van der Waals surface area contributed by atoms with Gasteiger partial charge in [0.2, 0.25) is 0 Å². The fourth-order valence-corrected chi connectivity index (χ4v) is 3.08. The number of nitrogens with one attached hydrogen (secondary N) is 1. The van der Waals surface area contributed by atoms with E-state index < -0.39 is 40.4 Å². The molecule has 0 atom stereocenters. The summed E-state index contributed by atoms with van der Waals surface area (Å²) in [6.45, 7) is 3.05. The molecule has 2 aromatic heterocycles. The van der Waals surface area contributed by atoms with Crippen LogP contribution in [-0.2, 0) is 13.1 Å².